The fourth-order valence-corrected chi connectivity index (χ4v) is 2.31. The van der Waals surface area contributed by atoms with Crippen LogP contribution in [0.25, 0.3) is 0 Å². The van der Waals surface area contributed by atoms with Gasteiger partial charge in [-0.1, -0.05) is 22.0 Å². The molecule has 0 saturated heterocycles. The molecular weight excluding hydrogens is 301 g/mol. The van der Waals surface area contributed by atoms with E-state index in [2.05, 4.69) is 21.2 Å². The Bertz CT molecular complexity index is 449. The van der Waals surface area contributed by atoms with Crippen LogP contribution in [-0.2, 0) is 9.53 Å². The lowest BCUT2D eigenvalue weighted by molar-refractivity contribution is -0.145. The van der Waals surface area contributed by atoms with Crippen molar-refractivity contribution in [2.45, 2.75) is 31.8 Å². The smallest absolute Gasteiger partial charge is 0.327 e. The standard InChI is InChI=1S/C13H15BrFNO2/c1-2-18-13(17)12(16-9-4-5-9)10-6-3-8(15)7-11(10)14/h3,6-7,9,12,16H,2,4-5H2,1H3. The minimum Gasteiger partial charge on any atom is -0.465 e. The zero-order valence-electron chi connectivity index (χ0n) is 10.1. The quantitative estimate of drug-likeness (QED) is 0.849. The molecule has 1 fully saturated rings. The Hall–Kier alpha value is -0.940. The molecule has 0 aromatic heterocycles. The molecule has 1 atom stereocenters. The van der Waals surface area contributed by atoms with Crippen molar-refractivity contribution in [3.8, 4) is 0 Å². The number of nitrogens with one attached hydrogen (secondary N) is 1. The van der Waals surface area contributed by atoms with Crippen molar-refractivity contribution in [2.24, 2.45) is 0 Å². The van der Waals surface area contributed by atoms with Gasteiger partial charge in [-0.2, -0.15) is 0 Å². The summed E-state index contributed by atoms with van der Waals surface area (Å²) < 4.78 is 18.7. The molecule has 0 amide bonds. The predicted molar refractivity (Wildman–Crippen MR) is 69.6 cm³/mol. The molecule has 0 radical (unpaired) electrons. The molecule has 1 aromatic carbocycles. The molecule has 1 aromatic rings. The average molecular weight is 316 g/mol. The fraction of sp³-hybridized carbons (Fsp3) is 0.462. The van der Waals surface area contributed by atoms with Gasteiger partial charge in [0.2, 0.25) is 0 Å². The van der Waals surface area contributed by atoms with Crippen LogP contribution in [0.5, 0.6) is 0 Å². The fourth-order valence-electron chi connectivity index (χ4n) is 1.73. The second kappa shape index (κ2) is 5.80. The van der Waals surface area contributed by atoms with Gasteiger partial charge in [-0.25, -0.2) is 9.18 Å². The molecule has 1 aliphatic rings. The van der Waals surface area contributed by atoms with Crippen molar-refractivity contribution in [1.82, 2.24) is 5.32 Å². The molecule has 1 aliphatic carbocycles. The molecule has 2 rings (SSSR count). The molecule has 18 heavy (non-hydrogen) atoms. The molecule has 0 spiro atoms. The molecule has 0 aliphatic heterocycles. The molecule has 1 saturated carbocycles. The van der Waals surface area contributed by atoms with Crippen molar-refractivity contribution in [3.05, 3.63) is 34.1 Å². The number of carbonyl (C=O) groups is 1. The summed E-state index contributed by atoms with van der Waals surface area (Å²) in [6, 6.07) is 4.14. The van der Waals surface area contributed by atoms with E-state index in [0.717, 1.165) is 12.8 Å². The Balaban J connectivity index is 2.23. The number of ether oxygens (including phenoxy) is 1. The Morgan fingerprint density at radius 1 is 1.61 bits per heavy atom. The highest BCUT2D eigenvalue weighted by molar-refractivity contribution is 9.10. The van der Waals surface area contributed by atoms with Gasteiger partial charge in [0, 0.05) is 10.5 Å². The maximum Gasteiger partial charge on any atom is 0.327 e. The van der Waals surface area contributed by atoms with Gasteiger partial charge >= 0.3 is 5.97 Å². The van der Waals surface area contributed by atoms with Crippen molar-refractivity contribution < 1.29 is 13.9 Å². The van der Waals surface area contributed by atoms with Crippen LogP contribution < -0.4 is 5.32 Å². The molecule has 3 nitrogen and oxygen atoms in total. The predicted octanol–water partition coefficient (Wildman–Crippen LogP) is 2.94. The summed E-state index contributed by atoms with van der Waals surface area (Å²) in [5, 5.41) is 3.23. The number of benzene rings is 1. The lowest BCUT2D eigenvalue weighted by Gasteiger charge is -2.18. The molecule has 1 N–H and O–H groups in total. The maximum absolute atomic E-state index is 13.1. The van der Waals surface area contributed by atoms with Crippen LogP contribution in [0.4, 0.5) is 4.39 Å². The highest BCUT2D eigenvalue weighted by atomic mass is 79.9. The number of carbonyl (C=O) groups excluding carboxylic acids is 1. The number of rotatable bonds is 5. The van der Waals surface area contributed by atoms with Crippen molar-refractivity contribution in [2.75, 3.05) is 6.61 Å². The van der Waals surface area contributed by atoms with Crippen LogP contribution in [0, 0.1) is 5.82 Å². The lowest BCUT2D eigenvalue weighted by atomic mass is 10.1. The number of hydrogen-bond acceptors (Lipinski definition) is 3. The van der Waals surface area contributed by atoms with Crippen LogP contribution >= 0.6 is 15.9 Å². The Morgan fingerprint density at radius 3 is 2.89 bits per heavy atom. The minimum absolute atomic E-state index is 0.322. The third-order valence-electron chi connectivity index (χ3n) is 2.78. The van der Waals surface area contributed by atoms with Crippen LogP contribution in [0.3, 0.4) is 0 Å². The van der Waals surface area contributed by atoms with Crippen molar-refractivity contribution >= 4 is 21.9 Å². The van der Waals surface area contributed by atoms with Gasteiger partial charge in [-0.3, -0.25) is 5.32 Å². The summed E-state index contributed by atoms with van der Waals surface area (Å²) >= 11 is 3.29. The second-order valence-electron chi connectivity index (χ2n) is 4.29. The van der Waals surface area contributed by atoms with E-state index in [1.165, 1.54) is 12.1 Å². The Labute approximate surface area is 114 Å². The van der Waals surface area contributed by atoms with Crippen LogP contribution in [0.2, 0.25) is 0 Å². The first-order valence-electron chi connectivity index (χ1n) is 5.99. The van der Waals surface area contributed by atoms with E-state index >= 15 is 0 Å². The first-order valence-corrected chi connectivity index (χ1v) is 6.78. The second-order valence-corrected chi connectivity index (χ2v) is 5.15. The van der Waals surface area contributed by atoms with E-state index in [-0.39, 0.29) is 11.8 Å². The van der Waals surface area contributed by atoms with E-state index in [9.17, 15) is 9.18 Å². The highest BCUT2D eigenvalue weighted by Crippen LogP contribution is 2.29. The van der Waals surface area contributed by atoms with Gasteiger partial charge in [0.25, 0.3) is 0 Å². The largest absolute Gasteiger partial charge is 0.465 e. The van der Waals surface area contributed by atoms with E-state index in [0.29, 0.717) is 22.7 Å². The first-order chi connectivity index (χ1) is 8.61. The molecule has 0 heterocycles. The number of halogens is 2. The van der Waals surface area contributed by atoms with E-state index in [1.54, 1.807) is 13.0 Å². The zero-order chi connectivity index (χ0) is 13.1. The summed E-state index contributed by atoms with van der Waals surface area (Å²) in [5.41, 5.74) is 0.710. The third-order valence-corrected chi connectivity index (χ3v) is 3.46. The Morgan fingerprint density at radius 2 is 2.33 bits per heavy atom. The van der Waals surface area contributed by atoms with Gasteiger partial charge in [0.1, 0.15) is 11.9 Å². The summed E-state index contributed by atoms with van der Waals surface area (Å²) in [4.78, 5) is 11.9. The zero-order valence-corrected chi connectivity index (χ0v) is 11.7. The molecule has 5 heteroatoms. The Kier molecular flexibility index (Phi) is 4.35. The maximum atomic E-state index is 13.1. The monoisotopic (exact) mass is 315 g/mol. The van der Waals surface area contributed by atoms with Crippen LogP contribution in [-0.4, -0.2) is 18.6 Å². The van der Waals surface area contributed by atoms with E-state index < -0.39 is 6.04 Å². The van der Waals surface area contributed by atoms with E-state index in [4.69, 9.17) is 4.74 Å². The van der Waals surface area contributed by atoms with Gasteiger partial charge in [0.15, 0.2) is 0 Å². The SMILES string of the molecule is CCOC(=O)C(NC1CC1)c1ccc(F)cc1Br. The average Bonchev–Trinajstić information content (AvgIpc) is 3.11. The summed E-state index contributed by atoms with van der Waals surface area (Å²) in [6.07, 6.45) is 2.13. The normalized spacial score (nSPS) is 16.4. The summed E-state index contributed by atoms with van der Waals surface area (Å²) in [6.45, 7) is 2.10. The van der Waals surface area contributed by atoms with Crippen LogP contribution in [0.1, 0.15) is 31.4 Å². The summed E-state index contributed by atoms with van der Waals surface area (Å²) in [5.74, 6) is -0.656. The van der Waals surface area contributed by atoms with Crippen LogP contribution in [0.15, 0.2) is 22.7 Å². The topological polar surface area (TPSA) is 38.3 Å². The summed E-state index contributed by atoms with van der Waals surface area (Å²) in [7, 11) is 0. The van der Waals surface area contributed by atoms with Crippen molar-refractivity contribution in [3.63, 3.8) is 0 Å². The van der Waals surface area contributed by atoms with Crippen molar-refractivity contribution in [1.29, 1.82) is 0 Å². The molecule has 0 bridgehead atoms. The third kappa shape index (κ3) is 3.29. The minimum atomic E-state index is -0.535. The van der Waals surface area contributed by atoms with E-state index in [1.807, 2.05) is 0 Å². The highest BCUT2D eigenvalue weighted by Gasteiger charge is 2.31. The number of hydrogen-bond donors (Lipinski definition) is 1. The lowest BCUT2D eigenvalue weighted by Crippen LogP contribution is -2.32. The van der Waals surface area contributed by atoms with Gasteiger partial charge in [-0.15, -0.1) is 0 Å². The van der Waals surface area contributed by atoms with Gasteiger partial charge < -0.3 is 4.74 Å². The number of esters is 1. The van der Waals surface area contributed by atoms with Gasteiger partial charge in [0.05, 0.1) is 6.61 Å². The molecule has 98 valence electrons. The molecule has 1 unspecified atom stereocenters. The van der Waals surface area contributed by atoms with Gasteiger partial charge in [-0.05, 0) is 37.5 Å². The molecular formula is C13H15BrFNO2. The first kappa shape index (κ1) is 13.5.